The van der Waals surface area contributed by atoms with Gasteiger partial charge in [-0.2, -0.15) is 0 Å². The number of aliphatic hydroxyl groups is 2. The lowest BCUT2D eigenvalue weighted by molar-refractivity contribution is 0.0345. The summed E-state index contributed by atoms with van der Waals surface area (Å²) in [5, 5.41) is 18.4. The van der Waals surface area contributed by atoms with Gasteiger partial charge in [0.15, 0.2) is 0 Å². The molecule has 0 radical (unpaired) electrons. The molecule has 88 valence electrons. The van der Waals surface area contributed by atoms with Gasteiger partial charge >= 0.3 is 0 Å². The molecule has 0 saturated carbocycles. The summed E-state index contributed by atoms with van der Waals surface area (Å²) in [4.78, 5) is 2.60. The lowest BCUT2D eigenvalue weighted by Crippen LogP contribution is -2.44. The predicted molar refractivity (Wildman–Crippen MR) is 59.7 cm³/mol. The van der Waals surface area contributed by atoms with E-state index in [9.17, 15) is 5.11 Å². The number of nitrogens with zero attached hydrogens (tertiary/aromatic N) is 1. The minimum Gasteiger partial charge on any atom is -0.396 e. The van der Waals surface area contributed by atoms with Crippen LogP contribution in [0.1, 0.15) is 44.9 Å². The largest absolute Gasteiger partial charge is 0.396 e. The Kier molecular flexibility index (Phi) is 4.00. The molecular formula is C12H23NO2. The molecule has 2 bridgehead atoms. The maximum Gasteiger partial charge on any atom is 0.0570 e. The van der Waals surface area contributed by atoms with Crippen LogP contribution in [0.25, 0.3) is 0 Å². The second-order valence-corrected chi connectivity index (χ2v) is 5.03. The van der Waals surface area contributed by atoms with Gasteiger partial charge in [0.2, 0.25) is 0 Å². The van der Waals surface area contributed by atoms with Crippen LogP contribution in [0, 0.1) is 0 Å². The van der Waals surface area contributed by atoms with Gasteiger partial charge in [0, 0.05) is 18.7 Å². The molecule has 3 heteroatoms. The zero-order chi connectivity index (χ0) is 10.7. The van der Waals surface area contributed by atoms with Crippen molar-refractivity contribution < 1.29 is 10.2 Å². The zero-order valence-electron chi connectivity index (χ0n) is 9.44. The topological polar surface area (TPSA) is 43.7 Å². The molecule has 2 heterocycles. The van der Waals surface area contributed by atoms with E-state index in [1.807, 2.05) is 0 Å². The Balaban J connectivity index is 1.74. The van der Waals surface area contributed by atoms with Crippen molar-refractivity contribution >= 4 is 0 Å². The first-order valence-corrected chi connectivity index (χ1v) is 6.36. The maximum absolute atomic E-state index is 9.66. The summed E-state index contributed by atoms with van der Waals surface area (Å²) in [6.45, 7) is 1.49. The lowest BCUT2D eigenvalue weighted by atomic mass is 9.99. The fourth-order valence-corrected chi connectivity index (χ4v) is 3.19. The van der Waals surface area contributed by atoms with Crippen LogP contribution in [-0.4, -0.2) is 46.5 Å². The second kappa shape index (κ2) is 5.28. The smallest absolute Gasteiger partial charge is 0.0570 e. The molecule has 2 atom stereocenters. The van der Waals surface area contributed by atoms with E-state index >= 15 is 0 Å². The van der Waals surface area contributed by atoms with Crippen molar-refractivity contribution in [3.8, 4) is 0 Å². The summed E-state index contributed by atoms with van der Waals surface area (Å²) < 4.78 is 0. The Morgan fingerprint density at radius 3 is 2.27 bits per heavy atom. The molecule has 2 saturated heterocycles. The third-order valence-electron chi connectivity index (χ3n) is 3.93. The SMILES string of the molecule is OCCCCCN1C2CCC1CC(O)C2. The monoisotopic (exact) mass is 213 g/mol. The van der Waals surface area contributed by atoms with E-state index in [1.54, 1.807) is 0 Å². The Morgan fingerprint density at radius 1 is 1.00 bits per heavy atom. The van der Waals surface area contributed by atoms with Crippen LogP contribution in [0.4, 0.5) is 0 Å². The number of piperidine rings is 1. The number of aliphatic hydroxyl groups excluding tert-OH is 2. The van der Waals surface area contributed by atoms with Crippen LogP contribution >= 0.6 is 0 Å². The van der Waals surface area contributed by atoms with E-state index < -0.39 is 0 Å². The first-order chi connectivity index (χ1) is 7.31. The van der Waals surface area contributed by atoms with Crippen LogP contribution in [0.3, 0.4) is 0 Å². The van der Waals surface area contributed by atoms with Crippen molar-refractivity contribution in [1.82, 2.24) is 4.90 Å². The highest BCUT2D eigenvalue weighted by molar-refractivity contribution is 4.94. The fourth-order valence-electron chi connectivity index (χ4n) is 3.19. The molecule has 0 aliphatic carbocycles. The summed E-state index contributed by atoms with van der Waals surface area (Å²) in [5.74, 6) is 0. The van der Waals surface area contributed by atoms with Gasteiger partial charge in [-0.05, 0) is 51.5 Å². The average Bonchev–Trinajstić information content (AvgIpc) is 2.46. The molecule has 2 rings (SSSR count). The molecule has 2 N–H and O–H groups in total. The van der Waals surface area contributed by atoms with Gasteiger partial charge in [0.1, 0.15) is 0 Å². The normalized spacial score (nSPS) is 36.0. The van der Waals surface area contributed by atoms with Crippen molar-refractivity contribution in [2.24, 2.45) is 0 Å². The van der Waals surface area contributed by atoms with Gasteiger partial charge in [-0.15, -0.1) is 0 Å². The van der Waals surface area contributed by atoms with Gasteiger partial charge in [0.25, 0.3) is 0 Å². The van der Waals surface area contributed by atoms with Crippen LogP contribution in [0.15, 0.2) is 0 Å². The average molecular weight is 213 g/mol. The molecule has 2 aliphatic rings. The molecule has 3 nitrogen and oxygen atoms in total. The lowest BCUT2D eigenvalue weighted by Gasteiger charge is -2.37. The number of unbranched alkanes of at least 4 members (excludes halogenated alkanes) is 2. The maximum atomic E-state index is 9.66. The Morgan fingerprint density at radius 2 is 1.67 bits per heavy atom. The van der Waals surface area contributed by atoms with E-state index in [0.717, 1.165) is 25.7 Å². The summed E-state index contributed by atoms with van der Waals surface area (Å²) in [5.41, 5.74) is 0. The Hall–Kier alpha value is -0.120. The minimum absolute atomic E-state index is 0.0452. The first kappa shape index (κ1) is 11.4. The van der Waals surface area contributed by atoms with Crippen molar-refractivity contribution in [2.45, 2.75) is 63.1 Å². The van der Waals surface area contributed by atoms with Crippen LogP contribution in [0.5, 0.6) is 0 Å². The Labute approximate surface area is 92.1 Å². The number of rotatable bonds is 5. The van der Waals surface area contributed by atoms with Crippen LogP contribution in [0.2, 0.25) is 0 Å². The van der Waals surface area contributed by atoms with Gasteiger partial charge in [0.05, 0.1) is 6.10 Å². The van der Waals surface area contributed by atoms with Gasteiger partial charge in [-0.1, -0.05) is 0 Å². The summed E-state index contributed by atoms with van der Waals surface area (Å²) in [6.07, 6.45) is 7.75. The standard InChI is InChI=1S/C12H23NO2/c14-7-3-1-2-6-13-10-4-5-11(13)9-12(15)8-10/h10-12,14-15H,1-9H2. The van der Waals surface area contributed by atoms with Gasteiger partial charge in [-0.25, -0.2) is 0 Å². The number of hydrogen-bond acceptors (Lipinski definition) is 3. The second-order valence-electron chi connectivity index (χ2n) is 5.03. The van der Waals surface area contributed by atoms with Crippen LogP contribution < -0.4 is 0 Å². The predicted octanol–water partition coefficient (Wildman–Crippen LogP) is 1.14. The van der Waals surface area contributed by atoms with Crippen LogP contribution in [-0.2, 0) is 0 Å². The third kappa shape index (κ3) is 2.71. The fraction of sp³-hybridized carbons (Fsp3) is 1.00. The van der Waals surface area contributed by atoms with Crippen molar-refractivity contribution in [3.05, 3.63) is 0 Å². The van der Waals surface area contributed by atoms with Gasteiger partial charge < -0.3 is 10.2 Å². The first-order valence-electron chi connectivity index (χ1n) is 6.36. The Bertz CT molecular complexity index is 184. The van der Waals surface area contributed by atoms with Crippen molar-refractivity contribution in [3.63, 3.8) is 0 Å². The van der Waals surface area contributed by atoms with Crippen molar-refractivity contribution in [2.75, 3.05) is 13.2 Å². The molecule has 2 unspecified atom stereocenters. The highest BCUT2D eigenvalue weighted by Gasteiger charge is 2.39. The highest BCUT2D eigenvalue weighted by Crippen LogP contribution is 2.35. The van der Waals surface area contributed by atoms with E-state index in [1.165, 1.54) is 25.8 Å². The van der Waals surface area contributed by atoms with Gasteiger partial charge in [-0.3, -0.25) is 4.90 Å². The molecule has 0 aromatic rings. The van der Waals surface area contributed by atoms with E-state index in [2.05, 4.69) is 4.90 Å². The molecular weight excluding hydrogens is 190 g/mol. The molecule has 0 aromatic heterocycles. The minimum atomic E-state index is -0.0452. The third-order valence-corrected chi connectivity index (χ3v) is 3.93. The molecule has 2 fully saturated rings. The van der Waals surface area contributed by atoms with E-state index in [0.29, 0.717) is 18.7 Å². The molecule has 2 aliphatic heterocycles. The number of fused-ring (bicyclic) bond motifs is 2. The van der Waals surface area contributed by atoms with E-state index in [-0.39, 0.29) is 6.10 Å². The quantitative estimate of drug-likeness (QED) is 0.673. The molecule has 0 aromatic carbocycles. The van der Waals surface area contributed by atoms with Crippen molar-refractivity contribution in [1.29, 1.82) is 0 Å². The molecule has 0 spiro atoms. The summed E-state index contributed by atoms with van der Waals surface area (Å²) in [6, 6.07) is 1.29. The zero-order valence-corrected chi connectivity index (χ0v) is 9.44. The molecule has 0 amide bonds. The van der Waals surface area contributed by atoms with E-state index in [4.69, 9.17) is 5.11 Å². The highest BCUT2D eigenvalue weighted by atomic mass is 16.3. The number of hydrogen-bond donors (Lipinski definition) is 2. The summed E-state index contributed by atoms with van der Waals surface area (Å²) >= 11 is 0. The summed E-state index contributed by atoms with van der Waals surface area (Å²) in [7, 11) is 0. The molecule has 15 heavy (non-hydrogen) atoms.